The van der Waals surface area contributed by atoms with Crippen molar-refractivity contribution in [3.8, 4) is 0 Å². The number of rotatable bonds is 5. The zero-order valence-electron chi connectivity index (χ0n) is 5.94. The fourth-order valence-electron chi connectivity index (χ4n) is 0.410. The number of halogens is 2. The number of carbonyl (C=O) groups is 2. The van der Waals surface area contributed by atoms with Gasteiger partial charge in [0.1, 0.15) is 6.61 Å². The van der Waals surface area contributed by atoms with Gasteiger partial charge in [0.2, 0.25) is 5.24 Å². The van der Waals surface area contributed by atoms with Crippen molar-refractivity contribution >= 4 is 43.8 Å². The molecule has 0 fully saturated rings. The Morgan fingerprint density at radius 1 is 1.38 bits per heavy atom. The lowest BCUT2D eigenvalue weighted by atomic mass is 10.7. The molecule has 0 saturated heterocycles. The number of hydrogen-bond acceptors (Lipinski definition) is 5. The zero-order chi connectivity index (χ0) is 10.6. The first-order valence-corrected chi connectivity index (χ1v) is 4.96. The summed E-state index contributed by atoms with van der Waals surface area (Å²) < 4.78 is 33.2. The quantitative estimate of drug-likeness (QED) is 0.534. The van der Waals surface area contributed by atoms with Gasteiger partial charge in [-0.1, -0.05) is 0 Å². The fourth-order valence-corrected chi connectivity index (χ4v) is 1.35. The van der Waals surface area contributed by atoms with Gasteiger partial charge in [-0.3, -0.25) is 14.1 Å². The average molecular weight is 251 g/mol. The predicted octanol–water partition coefficient (Wildman–Crippen LogP) is -0.252. The van der Waals surface area contributed by atoms with Crippen LogP contribution in [0, 0.1) is 0 Å². The molecule has 0 amide bonds. The Morgan fingerprint density at radius 3 is 2.08 bits per heavy atom. The van der Waals surface area contributed by atoms with E-state index in [0.29, 0.717) is 0 Å². The first kappa shape index (κ1) is 12.8. The van der Waals surface area contributed by atoms with E-state index in [4.69, 9.17) is 27.8 Å². The van der Waals surface area contributed by atoms with Crippen LogP contribution in [0.5, 0.6) is 0 Å². The summed E-state index contributed by atoms with van der Waals surface area (Å²) in [5, 5.41) is -2.48. The second-order valence-electron chi connectivity index (χ2n) is 1.82. The summed E-state index contributed by atoms with van der Waals surface area (Å²) in [7, 11) is -4.77. The summed E-state index contributed by atoms with van der Waals surface area (Å²) in [6, 6.07) is 0. The molecule has 9 heteroatoms. The number of ether oxygens (including phenoxy) is 1. The zero-order valence-corrected chi connectivity index (χ0v) is 8.27. The summed E-state index contributed by atoms with van der Waals surface area (Å²) in [5.74, 6) is 0. The van der Waals surface area contributed by atoms with Crippen LogP contribution in [-0.4, -0.2) is 35.5 Å². The smallest absolute Gasteiger partial charge is 0.301 e. The van der Waals surface area contributed by atoms with Crippen molar-refractivity contribution in [1.82, 2.24) is 0 Å². The second kappa shape index (κ2) is 4.87. The van der Waals surface area contributed by atoms with E-state index < -0.39 is 32.6 Å². The lowest BCUT2D eigenvalue weighted by molar-refractivity contribution is -0.122. The predicted molar refractivity (Wildman–Crippen MR) is 43.0 cm³/mol. The van der Waals surface area contributed by atoms with E-state index in [2.05, 4.69) is 4.74 Å². The maximum Gasteiger partial charge on any atom is 0.301 e. The van der Waals surface area contributed by atoms with E-state index in [1.165, 1.54) is 0 Å². The lowest BCUT2D eigenvalue weighted by Crippen LogP contribution is -2.31. The molecule has 0 aliphatic heterocycles. The molecule has 1 atom stereocenters. The Balaban J connectivity index is 4.47. The molecule has 0 radical (unpaired) electrons. The third-order valence-corrected chi connectivity index (χ3v) is 2.13. The van der Waals surface area contributed by atoms with Crippen molar-refractivity contribution in [1.29, 1.82) is 0 Å². The van der Waals surface area contributed by atoms with Crippen LogP contribution in [-0.2, 0) is 24.4 Å². The van der Waals surface area contributed by atoms with Gasteiger partial charge in [0.25, 0.3) is 10.7 Å². The van der Waals surface area contributed by atoms with Crippen LogP contribution in [0.2, 0.25) is 0 Å². The molecule has 0 saturated carbocycles. The third kappa shape index (κ3) is 5.17. The fraction of sp³-hybridized carbons (Fsp3) is 0.500. The monoisotopic (exact) mass is 250 g/mol. The molecular formula is C4H4Cl2O6S. The van der Waals surface area contributed by atoms with Gasteiger partial charge in [-0.25, -0.2) is 0 Å². The largest absolute Gasteiger partial charge is 0.343 e. The minimum Gasteiger partial charge on any atom is -0.343 e. The first-order chi connectivity index (χ1) is 5.75. The SMILES string of the molecule is O=C(Cl)COC(C(=O)Cl)S(=O)(=O)O. The van der Waals surface area contributed by atoms with Crippen molar-refractivity contribution in [2.75, 3.05) is 6.61 Å². The van der Waals surface area contributed by atoms with Crippen LogP contribution < -0.4 is 0 Å². The molecule has 13 heavy (non-hydrogen) atoms. The summed E-state index contributed by atoms with van der Waals surface area (Å²) in [6.07, 6.45) is 0. The number of hydrogen-bond donors (Lipinski definition) is 1. The molecule has 0 aromatic rings. The van der Waals surface area contributed by atoms with E-state index in [1.54, 1.807) is 0 Å². The maximum absolute atomic E-state index is 10.4. The van der Waals surface area contributed by atoms with E-state index >= 15 is 0 Å². The molecule has 1 N–H and O–H groups in total. The average Bonchev–Trinajstić information content (AvgIpc) is 1.81. The van der Waals surface area contributed by atoms with Crippen molar-refractivity contribution in [2.24, 2.45) is 0 Å². The van der Waals surface area contributed by atoms with Crippen LogP contribution in [0.15, 0.2) is 0 Å². The van der Waals surface area contributed by atoms with E-state index in [-0.39, 0.29) is 0 Å². The van der Waals surface area contributed by atoms with E-state index in [1.807, 2.05) is 0 Å². The first-order valence-electron chi connectivity index (χ1n) is 2.70. The molecule has 6 nitrogen and oxygen atoms in total. The molecule has 0 heterocycles. The van der Waals surface area contributed by atoms with Crippen molar-refractivity contribution in [3.63, 3.8) is 0 Å². The Hall–Kier alpha value is -0.210. The molecule has 0 aromatic carbocycles. The summed E-state index contributed by atoms with van der Waals surface area (Å²) >= 11 is 9.54. The molecule has 0 aromatic heterocycles. The molecule has 0 spiro atoms. The standard InChI is InChI=1S/C4H4Cl2O6S/c5-2(7)1-12-4(3(6)8)13(9,10)11/h4H,1H2,(H,9,10,11). The highest BCUT2D eigenvalue weighted by molar-refractivity contribution is 7.87. The van der Waals surface area contributed by atoms with Gasteiger partial charge in [-0.05, 0) is 23.2 Å². The van der Waals surface area contributed by atoms with Gasteiger partial charge < -0.3 is 4.74 Å². The third-order valence-electron chi connectivity index (χ3n) is 0.804. The van der Waals surface area contributed by atoms with Gasteiger partial charge in [0.05, 0.1) is 0 Å². The van der Waals surface area contributed by atoms with Crippen LogP contribution in [0.25, 0.3) is 0 Å². The minimum atomic E-state index is -4.77. The van der Waals surface area contributed by atoms with Crippen LogP contribution in [0.1, 0.15) is 0 Å². The van der Waals surface area contributed by atoms with Crippen molar-refractivity contribution < 1.29 is 27.3 Å². The van der Waals surface area contributed by atoms with E-state index in [9.17, 15) is 18.0 Å². The highest BCUT2D eigenvalue weighted by Crippen LogP contribution is 2.05. The topological polar surface area (TPSA) is 97.7 Å². The highest BCUT2D eigenvalue weighted by Gasteiger charge is 2.31. The normalized spacial score (nSPS) is 13.8. The summed E-state index contributed by atoms with van der Waals surface area (Å²) in [5.41, 5.74) is -2.28. The van der Waals surface area contributed by atoms with E-state index in [0.717, 1.165) is 0 Å². The Bertz CT molecular complexity index is 309. The second-order valence-corrected chi connectivity index (χ2v) is 4.07. The van der Waals surface area contributed by atoms with Gasteiger partial charge >= 0.3 is 10.1 Å². The van der Waals surface area contributed by atoms with Gasteiger partial charge in [-0.15, -0.1) is 0 Å². The summed E-state index contributed by atoms with van der Waals surface area (Å²) in [6.45, 7) is -0.843. The summed E-state index contributed by atoms with van der Waals surface area (Å²) in [4.78, 5) is 20.5. The van der Waals surface area contributed by atoms with Crippen LogP contribution in [0.3, 0.4) is 0 Å². The highest BCUT2D eigenvalue weighted by atomic mass is 35.5. The molecule has 0 aliphatic carbocycles. The molecule has 0 bridgehead atoms. The van der Waals surface area contributed by atoms with Crippen LogP contribution in [0.4, 0.5) is 0 Å². The molecular weight excluding hydrogens is 247 g/mol. The molecule has 76 valence electrons. The maximum atomic E-state index is 10.4. The Morgan fingerprint density at radius 2 is 1.85 bits per heavy atom. The van der Waals surface area contributed by atoms with Crippen molar-refractivity contribution in [2.45, 2.75) is 5.44 Å². The number of carbonyl (C=O) groups excluding carboxylic acids is 2. The Kier molecular flexibility index (Phi) is 4.79. The van der Waals surface area contributed by atoms with Gasteiger partial charge in [-0.2, -0.15) is 8.42 Å². The lowest BCUT2D eigenvalue weighted by Gasteiger charge is -2.07. The van der Waals surface area contributed by atoms with Gasteiger partial charge in [0, 0.05) is 0 Å². The Labute approximate surface area is 83.5 Å². The van der Waals surface area contributed by atoms with Gasteiger partial charge in [0.15, 0.2) is 0 Å². The molecule has 0 rings (SSSR count). The molecule has 0 aliphatic rings. The van der Waals surface area contributed by atoms with Crippen LogP contribution >= 0.6 is 23.2 Å². The molecule has 1 unspecified atom stereocenters. The minimum absolute atomic E-state index is 0.843. The van der Waals surface area contributed by atoms with Crippen molar-refractivity contribution in [3.05, 3.63) is 0 Å².